The van der Waals surface area contributed by atoms with E-state index in [1.54, 1.807) is 19.2 Å². The number of benzene rings is 1. The normalized spacial score (nSPS) is 20.6. The lowest BCUT2D eigenvalue weighted by molar-refractivity contribution is -0.148. The van der Waals surface area contributed by atoms with Gasteiger partial charge in [0.25, 0.3) is 5.91 Å². The van der Waals surface area contributed by atoms with E-state index >= 15 is 0 Å². The maximum atomic E-state index is 11.9. The summed E-state index contributed by atoms with van der Waals surface area (Å²) < 4.78 is 10.1. The van der Waals surface area contributed by atoms with Crippen LogP contribution < -0.4 is 10.1 Å². The molecule has 1 aromatic rings. The van der Waals surface area contributed by atoms with Gasteiger partial charge >= 0.3 is 5.97 Å². The van der Waals surface area contributed by atoms with Gasteiger partial charge in [0.15, 0.2) is 6.61 Å². The van der Waals surface area contributed by atoms with Crippen molar-refractivity contribution in [2.24, 2.45) is 5.92 Å². The van der Waals surface area contributed by atoms with Gasteiger partial charge in [0.2, 0.25) is 0 Å². The van der Waals surface area contributed by atoms with Crippen LogP contribution in [0.1, 0.15) is 38.2 Å². The van der Waals surface area contributed by atoms with Gasteiger partial charge < -0.3 is 14.8 Å². The molecule has 0 aliphatic heterocycles. The number of hydrogen-bond donors (Lipinski definition) is 1. The third kappa shape index (κ3) is 5.58. The minimum atomic E-state index is -0.401. The third-order valence-electron chi connectivity index (χ3n) is 4.33. The first-order valence-electron chi connectivity index (χ1n) is 8.16. The fourth-order valence-electron chi connectivity index (χ4n) is 2.89. The Balaban J connectivity index is 1.71. The van der Waals surface area contributed by atoms with Gasteiger partial charge in [-0.1, -0.05) is 31.9 Å². The second-order valence-electron chi connectivity index (χ2n) is 6.12. The Hall–Kier alpha value is -2.04. The van der Waals surface area contributed by atoms with Crippen molar-refractivity contribution in [2.45, 2.75) is 45.1 Å². The highest BCUT2D eigenvalue weighted by Crippen LogP contribution is 2.23. The van der Waals surface area contributed by atoms with E-state index in [0.29, 0.717) is 5.92 Å². The van der Waals surface area contributed by atoms with Gasteiger partial charge in [0.05, 0.1) is 13.5 Å². The van der Waals surface area contributed by atoms with Crippen molar-refractivity contribution in [1.82, 2.24) is 5.32 Å². The first-order valence-corrected chi connectivity index (χ1v) is 8.16. The van der Waals surface area contributed by atoms with Gasteiger partial charge in [-0.25, -0.2) is 0 Å². The highest BCUT2D eigenvalue weighted by Gasteiger charge is 2.23. The maximum absolute atomic E-state index is 11.9. The minimum absolute atomic E-state index is 0.150. The van der Waals surface area contributed by atoms with Crippen LogP contribution in [0.5, 0.6) is 5.75 Å². The molecule has 0 unspecified atom stereocenters. The van der Waals surface area contributed by atoms with E-state index in [4.69, 9.17) is 9.47 Å². The first kappa shape index (κ1) is 17.3. The number of amides is 1. The molecule has 0 bridgehead atoms. The van der Waals surface area contributed by atoms with Crippen LogP contribution in [0.15, 0.2) is 24.3 Å². The van der Waals surface area contributed by atoms with E-state index in [1.807, 2.05) is 12.1 Å². The molecule has 5 nitrogen and oxygen atoms in total. The van der Waals surface area contributed by atoms with Crippen molar-refractivity contribution in [3.8, 4) is 5.75 Å². The third-order valence-corrected chi connectivity index (χ3v) is 4.33. The summed E-state index contributed by atoms with van der Waals surface area (Å²) in [5, 5.41) is 2.97. The van der Waals surface area contributed by atoms with Crippen molar-refractivity contribution in [1.29, 1.82) is 0 Å². The highest BCUT2D eigenvalue weighted by molar-refractivity contribution is 5.81. The second-order valence-corrected chi connectivity index (χ2v) is 6.12. The van der Waals surface area contributed by atoms with Crippen LogP contribution in [0.2, 0.25) is 0 Å². The van der Waals surface area contributed by atoms with Crippen molar-refractivity contribution >= 4 is 11.9 Å². The number of methoxy groups -OCH3 is 1. The van der Waals surface area contributed by atoms with E-state index in [-0.39, 0.29) is 25.0 Å². The Morgan fingerprint density at radius 2 is 1.87 bits per heavy atom. The monoisotopic (exact) mass is 319 g/mol. The Bertz CT molecular complexity index is 526. The predicted molar refractivity (Wildman–Crippen MR) is 87.2 cm³/mol. The molecule has 1 saturated carbocycles. The Morgan fingerprint density at radius 1 is 1.17 bits per heavy atom. The lowest BCUT2D eigenvalue weighted by Crippen LogP contribution is -2.42. The molecule has 1 aliphatic rings. The lowest BCUT2D eigenvalue weighted by Gasteiger charge is -2.29. The molecule has 23 heavy (non-hydrogen) atoms. The lowest BCUT2D eigenvalue weighted by atomic mass is 9.86. The summed E-state index contributed by atoms with van der Waals surface area (Å²) in [5.41, 5.74) is 0.831. The molecule has 1 fully saturated rings. The van der Waals surface area contributed by atoms with Crippen LogP contribution in [0.4, 0.5) is 0 Å². The molecule has 0 aromatic heterocycles. The van der Waals surface area contributed by atoms with Crippen LogP contribution in [0.3, 0.4) is 0 Å². The first-order chi connectivity index (χ1) is 11.1. The van der Waals surface area contributed by atoms with Crippen molar-refractivity contribution in [2.75, 3.05) is 13.7 Å². The van der Waals surface area contributed by atoms with Crippen molar-refractivity contribution < 1.29 is 19.1 Å². The average molecular weight is 319 g/mol. The summed E-state index contributed by atoms with van der Waals surface area (Å²) >= 11 is 0. The number of nitrogens with one attached hydrogen (secondary N) is 1. The zero-order chi connectivity index (χ0) is 16.7. The van der Waals surface area contributed by atoms with Gasteiger partial charge in [-0.3, -0.25) is 9.59 Å². The molecule has 1 aliphatic carbocycles. The number of hydrogen-bond acceptors (Lipinski definition) is 4. The number of ether oxygens (including phenoxy) is 2. The van der Waals surface area contributed by atoms with Gasteiger partial charge in [0.1, 0.15) is 5.75 Å². The van der Waals surface area contributed by atoms with Crippen LogP contribution in [-0.4, -0.2) is 31.6 Å². The molecule has 2 atom stereocenters. The zero-order valence-corrected chi connectivity index (χ0v) is 13.8. The molecule has 0 radical (unpaired) electrons. The Morgan fingerprint density at radius 3 is 2.52 bits per heavy atom. The van der Waals surface area contributed by atoms with E-state index in [9.17, 15) is 9.59 Å². The number of carbonyl (C=O) groups is 2. The summed E-state index contributed by atoms with van der Waals surface area (Å²) in [6.07, 6.45) is 4.67. The van der Waals surface area contributed by atoms with Gasteiger partial charge in [0, 0.05) is 6.04 Å². The van der Waals surface area contributed by atoms with Crippen LogP contribution in [-0.2, 0) is 20.7 Å². The van der Waals surface area contributed by atoms with Crippen molar-refractivity contribution in [3.63, 3.8) is 0 Å². The van der Waals surface area contributed by atoms with Gasteiger partial charge in [-0.15, -0.1) is 0 Å². The fraction of sp³-hybridized carbons (Fsp3) is 0.556. The SMILES string of the molecule is COc1ccc(CC(=O)OCC(=O)N[C@H]2CCCC[C@@H]2C)cc1. The van der Waals surface area contributed by atoms with E-state index in [0.717, 1.165) is 30.6 Å². The quantitative estimate of drug-likeness (QED) is 0.818. The van der Waals surface area contributed by atoms with E-state index in [1.165, 1.54) is 6.42 Å². The molecular formula is C18H25NO4. The molecule has 0 spiro atoms. The average Bonchev–Trinajstić information content (AvgIpc) is 2.56. The predicted octanol–water partition coefficient (Wildman–Crippen LogP) is 2.48. The molecular weight excluding hydrogens is 294 g/mol. The molecule has 1 amide bonds. The van der Waals surface area contributed by atoms with E-state index < -0.39 is 5.97 Å². The molecule has 1 aromatic carbocycles. The molecule has 5 heteroatoms. The van der Waals surface area contributed by atoms with Crippen molar-refractivity contribution in [3.05, 3.63) is 29.8 Å². The molecule has 126 valence electrons. The summed E-state index contributed by atoms with van der Waals surface area (Å²) in [6, 6.07) is 7.41. The smallest absolute Gasteiger partial charge is 0.310 e. The number of carbonyl (C=O) groups excluding carboxylic acids is 2. The molecule has 1 N–H and O–H groups in total. The zero-order valence-electron chi connectivity index (χ0n) is 13.8. The van der Waals surface area contributed by atoms with Gasteiger partial charge in [-0.05, 0) is 36.5 Å². The number of esters is 1. The fourth-order valence-corrected chi connectivity index (χ4v) is 2.89. The van der Waals surface area contributed by atoms with E-state index in [2.05, 4.69) is 12.2 Å². The molecule has 0 heterocycles. The Kier molecular flexibility index (Phi) is 6.44. The van der Waals surface area contributed by atoms with Crippen LogP contribution >= 0.6 is 0 Å². The largest absolute Gasteiger partial charge is 0.497 e. The van der Waals surface area contributed by atoms with Crippen LogP contribution in [0.25, 0.3) is 0 Å². The molecule has 2 rings (SSSR count). The second kappa shape index (κ2) is 8.56. The topological polar surface area (TPSA) is 64.6 Å². The van der Waals surface area contributed by atoms with Crippen LogP contribution in [0, 0.1) is 5.92 Å². The summed E-state index contributed by atoms with van der Waals surface area (Å²) in [5.74, 6) is 0.611. The summed E-state index contributed by atoms with van der Waals surface area (Å²) in [6.45, 7) is 1.94. The Labute approximate surface area is 137 Å². The summed E-state index contributed by atoms with van der Waals surface area (Å²) in [4.78, 5) is 23.7. The minimum Gasteiger partial charge on any atom is -0.497 e. The van der Waals surface area contributed by atoms with Gasteiger partial charge in [-0.2, -0.15) is 0 Å². The maximum Gasteiger partial charge on any atom is 0.310 e. The number of rotatable bonds is 6. The standard InChI is InChI=1S/C18H25NO4/c1-13-5-3-4-6-16(13)19-17(20)12-23-18(21)11-14-7-9-15(22-2)10-8-14/h7-10,13,16H,3-6,11-12H2,1-2H3,(H,19,20)/t13-,16-/m0/s1. The summed E-state index contributed by atoms with van der Waals surface area (Å²) in [7, 11) is 1.59. The highest BCUT2D eigenvalue weighted by atomic mass is 16.5. The molecule has 0 saturated heterocycles.